The normalized spacial score (nSPS) is 12.0. The second-order valence-electron chi connectivity index (χ2n) is 5.57. The van der Waals surface area contributed by atoms with Crippen LogP contribution < -0.4 is 10.1 Å². The summed E-state index contributed by atoms with van der Waals surface area (Å²) in [5.41, 5.74) is 3.77. The Morgan fingerprint density at radius 3 is 2.50 bits per heavy atom. The minimum atomic E-state index is -0.887. The van der Waals surface area contributed by atoms with E-state index in [-0.39, 0.29) is 0 Å². The number of hydrogen-bond donors (Lipinski definition) is 2. The molecule has 3 rings (SSSR count). The molecule has 0 fully saturated rings. The SMILES string of the molecule is COc1ccc(CNC(C(=O)O)c2ccc3cccccc2-3)cc1. The van der Waals surface area contributed by atoms with Crippen LogP contribution in [0.5, 0.6) is 5.75 Å². The molecule has 0 amide bonds. The van der Waals surface area contributed by atoms with E-state index in [1.165, 1.54) is 0 Å². The molecule has 2 aliphatic rings. The van der Waals surface area contributed by atoms with Crippen molar-refractivity contribution >= 4 is 5.97 Å². The first-order valence-corrected chi connectivity index (χ1v) is 7.76. The molecule has 0 heterocycles. The predicted octanol–water partition coefficient (Wildman–Crippen LogP) is 3.72. The number of aliphatic carboxylic acids is 1. The van der Waals surface area contributed by atoms with Crippen molar-refractivity contribution in [1.82, 2.24) is 5.32 Å². The van der Waals surface area contributed by atoms with E-state index in [9.17, 15) is 9.90 Å². The van der Waals surface area contributed by atoms with Crippen LogP contribution in [0.15, 0.2) is 66.7 Å². The van der Waals surface area contributed by atoms with Crippen LogP contribution in [0.2, 0.25) is 0 Å². The van der Waals surface area contributed by atoms with Crippen LogP contribution in [-0.2, 0) is 11.3 Å². The Hall–Kier alpha value is -2.85. The molecule has 122 valence electrons. The van der Waals surface area contributed by atoms with Gasteiger partial charge in [0.15, 0.2) is 0 Å². The van der Waals surface area contributed by atoms with Crippen molar-refractivity contribution in [3.63, 3.8) is 0 Å². The second kappa shape index (κ2) is 7.15. The zero-order valence-electron chi connectivity index (χ0n) is 13.4. The molecule has 0 aromatic heterocycles. The molecule has 2 aliphatic carbocycles. The molecule has 0 saturated carbocycles. The lowest BCUT2D eigenvalue weighted by Crippen LogP contribution is -2.28. The standard InChI is InChI=1S/C20H19NO3/c1-24-16-10-7-14(8-11-16)13-21-19(20(22)23)18-12-9-15-5-3-2-4-6-17(15)18/h2-12,19,21H,13H2,1H3,(H,22,23). The summed E-state index contributed by atoms with van der Waals surface area (Å²) >= 11 is 0. The summed E-state index contributed by atoms with van der Waals surface area (Å²) in [6.07, 6.45) is 0. The van der Waals surface area contributed by atoms with E-state index in [1.807, 2.05) is 66.7 Å². The topological polar surface area (TPSA) is 58.6 Å². The fourth-order valence-corrected chi connectivity index (χ4v) is 2.78. The van der Waals surface area contributed by atoms with Gasteiger partial charge in [-0.3, -0.25) is 10.1 Å². The number of ether oxygens (including phenoxy) is 1. The third-order valence-corrected chi connectivity index (χ3v) is 4.05. The highest BCUT2D eigenvalue weighted by Crippen LogP contribution is 2.31. The number of hydrogen-bond acceptors (Lipinski definition) is 3. The van der Waals surface area contributed by atoms with Crippen LogP contribution in [0.25, 0.3) is 11.1 Å². The molecule has 2 N–H and O–H groups in total. The lowest BCUT2D eigenvalue weighted by atomic mass is 10.0. The van der Waals surface area contributed by atoms with Gasteiger partial charge in [-0.05, 0) is 34.4 Å². The Balaban J connectivity index is 1.81. The number of rotatable bonds is 6. The summed E-state index contributed by atoms with van der Waals surface area (Å²) < 4.78 is 5.13. The van der Waals surface area contributed by atoms with E-state index in [1.54, 1.807) is 7.11 Å². The molecule has 1 atom stereocenters. The molecule has 1 aromatic rings. The molecule has 4 nitrogen and oxygen atoms in total. The smallest absolute Gasteiger partial charge is 0.325 e. The van der Waals surface area contributed by atoms with Crippen molar-refractivity contribution in [3.8, 4) is 16.9 Å². The van der Waals surface area contributed by atoms with Gasteiger partial charge in [0, 0.05) is 6.54 Å². The number of carboxylic acids is 1. The minimum absolute atomic E-state index is 0.465. The maximum absolute atomic E-state index is 11.8. The molecule has 4 heteroatoms. The summed E-state index contributed by atoms with van der Waals surface area (Å²) in [5.74, 6) is -0.106. The maximum Gasteiger partial charge on any atom is 0.325 e. The van der Waals surface area contributed by atoms with Gasteiger partial charge in [0.1, 0.15) is 11.8 Å². The van der Waals surface area contributed by atoms with Crippen LogP contribution in [0.3, 0.4) is 0 Å². The van der Waals surface area contributed by atoms with Gasteiger partial charge >= 0.3 is 5.97 Å². The second-order valence-corrected chi connectivity index (χ2v) is 5.57. The Morgan fingerprint density at radius 2 is 1.79 bits per heavy atom. The number of fused-ring (bicyclic) bond motifs is 1. The molecular weight excluding hydrogens is 302 g/mol. The first-order chi connectivity index (χ1) is 11.7. The largest absolute Gasteiger partial charge is 0.497 e. The monoisotopic (exact) mass is 321 g/mol. The van der Waals surface area contributed by atoms with E-state index in [2.05, 4.69) is 5.32 Å². The van der Waals surface area contributed by atoms with Crippen molar-refractivity contribution in [1.29, 1.82) is 0 Å². The van der Waals surface area contributed by atoms with E-state index in [0.29, 0.717) is 6.54 Å². The third kappa shape index (κ3) is 3.39. The van der Waals surface area contributed by atoms with Gasteiger partial charge in [-0.1, -0.05) is 54.6 Å². The summed E-state index contributed by atoms with van der Waals surface area (Å²) in [4.78, 5) is 11.8. The van der Waals surface area contributed by atoms with Crippen LogP contribution in [0, 0.1) is 0 Å². The Morgan fingerprint density at radius 1 is 1.04 bits per heavy atom. The zero-order chi connectivity index (χ0) is 16.9. The maximum atomic E-state index is 11.8. The van der Waals surface area contributed by atoms with Crippen LogP contribution in [0.4, 0.5) is 0 Å². The van der Waals surface area contributed by atoms with Gasteiger partial charge in [0.2, 0.25) is 0 Å². The Kier molecular flexibility index (Phi) is 4.77. The number of carbonyl (C=O) groups is 1. The van der Waals surface area contributed by atoms with Crippen molar-refractivity contribution in [2.75, 3.05) is 7.11 Å². The molecule has 1 aromatic carbocycles. The number of nitrogens with one attached hydrogen (secondary N) is 1. The summed E-state index contributed by atoms with van der Waals surface area (Å²) in [5, 5.41) is 12.8. The van der Waals surface area contributed by atoms with E-state index in [0.717, 1.165) is 28.0 Å². The predicted molar refractivity (Wildman–Crippen MR) is 93.3 cm³/mol. The average Bonchev–Trinajstić information content (AvgIpc) is 2.83. The first-order valence-electron chi connectivity index (χ1n) is 7.76. The fourth-order valence-electron chi connectivity index (χ4n) is 2.78. The molecule has 1 unspecified atom stereocenters. The molecule has 24 heavy (non-hydrogen) atoms. The number of benzene rings is 1. The Labute approximate surface area is 141 Å². The van der Waals surface area contributed by atoms with Gasteiger partial charge in [0.25, 0.3) is 0 Å². The first kappa shape index (κ1) is 16.0. The van der Waals surface area contributed by atoms with Crippen LogP contribution in [-0.4, -0.2) is 18.2 Å². The molecule has 0 bridgehead atoms. The number of methoxy groups -OCH3 is 1. The highest BCUT2D eigenvalue weighted by molar-refractivity contribution is 5.82. The van der Waals surface area contributed by atoms with Gasteiger partial charge in [0.05, 0.1) is 7.11 Å². The quantitative estimate of drug-likeness (QED) is 0.726. The number of carboxylic acid groups (broad SMARTS) is 1. The average molecular weight is 321 g/mol. The fraction of sp³-hybridized carbons (Fsp3) is 0.150. The van der Waals surface area contributed by atoms with Crippen LogP contribution in [0.1, 0.15) is 17.2 Å². The van der Waals surface area contributed by atoms with Crippen molar-refractivity contribution in [2.24, 2.45) is 0 Å². The van der Waals surface area contributed by atoms with Crippen molar-refractivity contribution in [2.45, 2.75) is 12.6 Å². The third-order valence-electron chi connectivity index (χ3n) is 4.05. The van der Waals surface area contributed by atoms with Gasteiger partial charge < -0.3 is 9.84 Å². The molecule has 0 radical (unpaired) electrons. The molecule has 0 saturated heterocycles. The molecular formula is C20H19NO3. The van der Waals surface area contributed by atoms with Gasteiger partial charge in [-0.15, -0.1) is 0 Å². The van der Waals surface area contributed by atoms with E-state index < -0.39 is 12.0 Å². The molecule has 0 spiro atoms. The highest BCUT2D eigenvalue weighted by atomic mass is 16.5. The highest BCUT2D eigenvalue weighted by Gasteiger charge is 2.23. The summed E-state index contributed by atoms with van der Waals surface area (Å²) in [6.45, 7) is 0.465. The van der Waals surface area contributed by atoms with E-state index >= 15 is 0 Å². The van der Waals surface area contributed by atoms with Crippen molar-refractivity contribution in [3.05, 3.63) is 77.9 Å². The van der Waals surface area contributed by atoms with Crippen LogP contribution >= 0.6 is 0 Å². The van der Waals surface area contributed by atoms with Gasteiger partial charge in [-0.25, -0.2) is 0 Å². The summed E-state index contributed by atoms with van der Waals surface area (Å²) in [6, 6.07) is 20.4. The lowest BCUT2D eigenvalue weighted by molar-refractivity contribution is -0.139. The van der Waals surface area contributed by atoms with E-state index in [4.69, 9.17) is 4.74 Å². The zero-order valence-corrected chi connectivity index (χ0v) is 13.4. The van der Waals surface area contributed by atoms with Gasteiger partial charge in [-0.2, -0.15) is 0 Å². The minimum Gasteiger partial charge on any atom is -0.497 e. The Bertz CT molecular complexity index is 798. The molecule has 0 aliphatic heterocycles. The summed E-state index contributed by atoms with van der Waals surface area (Å²) in [7, 11) is 1.62. The van der Waals surface area contributed by atoms with Crippen molar-refractivity contribution < 1.29 is 14.6 Å². The lowest BCUT2D eigenvalue weighted by Gasteiger charge is -2.15.